The molecule has 2 aromatic heterocycles. The summed E-state index contributed by atoms with van der Waals surface area (Å²) in [5, 5.41) is 2.75. The molecule has 30 heavy (non-hydrogen) atoms. The summed E-state index contributed by atoms with van der Waals surface area (Å²) < 4.78 is 53.7. The number of hydrogen-bond acceptors (Lipinski definition) is 4. The maximum absolute atomic E-state index is 13.4. The molecule has 0 bridgehead atoms. The van der Waals surface area contributed by atoms with E-state index in [-0.39, 0.29) is 17.3 Å². The molecular weight excluding hydrogens is 412 g/mol. The Kier molecular flexibility index (Phi) is 5.04. The Morgan fingerprint density at radius 2 is 1.63 bits per heavy atom. The van der Waals surface area contributed by atoms with Crippen LogP contribution in [-0.2, 0) is 16.4 Å². The van der Waals surface area contributed by atoms with Gasteiger partial charge in [-0.2, -0.15) is 0 Å². The van der Waals surface area contributed by atoms with Crippen LogP contribution < -0.4 is 5.32 Å². The van der Waals surface area contributed by atoms with Gasteiger partial charge in [0.15, 0.2) is 0 Å². The van der Waals surface area contributed by atoms with Gasteiger partial charge in [0.25, 0.3) is 5.91 Å². The van der Waals surface area contributed by atoms with Crippen LogP contribution in [0.2, 0.25) is 0 Å². The molecule has 2 heterocycles. The van der Waals surface area contributed by atoms with Crippen molar-refractivity contribution in [3.8, 4) is 0 Å². The van der Waals surface area contributed by atoms with Crippen molar-refractivity contribution in [2.45, 2.75) is 16.3 Å². The lowest BCUT2D eigenvalue weighted by Crippen LogP contribution is -2.22. The van der Waals surface area contributed by atoms with Crippen molar-refractivity contribution in [2.75, 3.05) is 0 Å². The molecule has 0 atom stereocenters. The number of aromatic nitrogens is 2. The van der Waals surface area contributed by atoms with E-state index in [0.717, 1.165) is 12.1 Å². The second kappa shape index (κ2) is 7.68. The third-order valence-corrected chi connectivity index (χ3v) is 6.24. The first-order valence-corrected chi connectivity index (χ1v) is 10.3. The fourth-order valence-electron chi connectivity index (χ4n) is 2.94. The molecule has 0 spiro atoms. The second-order valence-electron chi connectivity index (χ2n) is 6.54. The van der Waals surface area contributed by atoms with Gasteiger partial charge in [0, 0.05) is 36.8 Å². The van der Waals surface area contributed by atoms with Gasteiger partial charge in [-0.3, -0.25) is 4.79 Å². The summed E-state index contributed by atoms with van der Waals surface area (Å²) in [6, 6.07) is 11.2. The lowest BCUT2D eigenvalue weighted by atomic mass is 10.2. The summed E-state index contributed by atoms with van der Waals surface area (Å²) in [6.45, 7) is 0.174. The van der Waals surface area contributed by atoms with Crippen LogP contribution in [0.25, 0.3) is 5.65 Å². The average molecular weight is 427 g/mol. The van der Waals surface area contributed by atoms with E-state index < -0.39 is 26.4 Å². The molecule has 0 aliphatic rings. The van der Waals surface area contributed by atoms with E-state index in [0.29, 0.717) is 22.8 Å². The summed E-state index contributed by atoms with van der Waals surface area (Å²) in [5.41, 5.74) is 1.75. The van der Waals surface area contributed by atoms with E-state index in [1.165, 1.54) is 24.3 Å². The molecule has 0 aliphatic heterocycles. The highest BCUT2D eigenvalue weighted by Crippen LogP contribution is 2.23. The van der Waals surface area contributed by atoms with E-state index in [4.69, 9.17) is 0 Å². The molecule has 4 rings (SSSR count). The molecule has 152 valence electrons. The van der Waals surface area contributed by atoms with Crippen LogP contribution >= 0.6 is 0 Å². The summed E-state index contributed by atoms with van der Waals surface area (Å²) in [6.07, 6.45) is 5.13. The molecule has 0 radical (unpaired) electrons. The fourth-order valence-corrected chi connectivity index (χ4v) is 4.24. The first-order chi connectivity index (χ1) is 14.3. The number of nitrogens with one attached hydrogen (secondary N) is 1. The van der Waals surface area contributed by atoms with E-state index in [2.05, 4.69) is 10.3 Å². The van der Waals surface area contributed by atoms with Crippen LogP contribution in [0.1, 0.15) is 15.9 Å². The van der Waals surface area contributed by atoms with Gasteiger partial charge >= 0.3 is 0 Å². The highest BCUT2D eigenvalue weighted by Gasteiger charge is 2.19. The maximum Gasteiger partial charge on any atom is 0.251 e. The largest absolute Gasteiger partial charge is 0.348 e. The Balaban J connectivity index is 1.47. The number of amides is 1. The van der Waals surface area contributed by atoms with E-state index in [9.17, 15) is 22.0 Å². The summed E-state index contributed by atoms with van der Waals surface area (Å²) in [4.78, 5) is 15.9. The van der Waals surface area contributed by atoms with Gasteiger partial charge in [0.05, 0.1) is 9.79 Å². The summed E-state index contributed by atoms with van der Waals surface area (Å²) >= 11 is 0. The van der Waals surface area contributed by atoms with Crippen LogP contribution in [0.5, 0.6) is 0 Å². The molecule has 9 heteroatoms. The minimum atomic E-state index is -4.07. The molecular formula is C21H15F2N3O3S. The number of sulfone groups is 1. The lowest BCUT2D eigenvalue weighted by molar-refractivity contribution is 0.0951. The Hall–Kier alpha value is -3.59. The molecule has 1 amide bonds. The molecule has 4 aromatic rings. The zero-order chi connectivity index (χ0) is 21.3. The monoisotopic (exact) mass is 427 g/mol. The number of hydrogen-bond donors (Lipinski definition) is 1. The summed E-state index contributed by atoms with van der Waals surface area (Å²) in [7, 11) is -4.07. The van der Waals surface area contributed by atoms with Crippen LogP contribution in [0, 0.1) is 11.6 Å². The SMILES string of the molecule is O=C(NCc1ccc(S(=O)(=O)c2cc(F)cc(F)c2)cc1)c1ccn2ccnc2c1. The average Bonchev–Trinajstić information content (AvgIpc) is 3.19. The van der Waals surface area contributed by atoms with E-state index in [1.54, 1.807) is 35.1 Å². The third kappa shape index (κ3) is 3.92. The van der Waals surface area contributed by atoms with Gasteiger partial charge in [-0.25, -0.2) is 22.2 Å². The highest BCUT2D eigenvalue weighted by molar-refractivity contribution is 7.91. The van der Waals surface area contributed by atoms with Crippen molar-refractivity contribution >= 4 is 21.4 Å². The minimum absolute atomic E-state index is 0.104. The van der Waals surface area contributed by atoms with Crippen LogP contribution in [0.3, 0.4) is 0 Å². The number of halogens is 2. The summed E-state index contributed by atoms with van der Waals surface area (Å²) in [5.74, 6) is -2.24. The Bertz CT molecular complexity index is 1330. The fraction of sp³-hybridized carbons (Fsp3) is 0.0476. The number of fused-ring (bicyclic) bond motifs is 1. The third-order valence-electron chi connectivity index (χ3n) is 4.49. The van der Waals surface area contributed by atoms with Gasteiger partial charge in [-0.1, -0.05) is 12.1 Å². The van der Waals surface area contributed by atoms with Crippen molar-refractivity contribution < 1.29 is 22.0 Å². The van der Waals surface area contributed by atoms with Gasteiger partial charge < -0.3 is 9.72 Å². The molecule has 0 unspecified atom stereocenters. The van der Waals surface area contributed by atoms with Crippen molar-refractivity contribution in [1.29, 1.82) is 0 Å². The Morgan fingerprint density at radius 3 is 2.33 bits per heavy atom. The smallest absolute Gasteiger partial charge is 0.251 e. The van der Waals surface area contributed by atoms with Gasteiger partial charge in [-0.05, 0) is 42.0 Å². The minimum Gasteiger partial charge on any atom is -0.348 e. The Labute approximate surface area is 170 Å². The molecule has 6 nitrogen and oxygen atoms in total. The predicted octanol–water partition coefficient (Wildman–Crippen LogP) is 3.38. The standard InChI is InChI=1S/C21H15F2N3O3S/c22-16-10-17(23)12-19(11-16)30(28,29)18-3-1-14(2-4-18)13-25-21(27)15-5-7-26-8-6-24-20(26)9-15/h1-12H,13H2,(H,25,27). The Morgan fingerprint density at radius 1 is 0.933 bits per heavy atom. The number of carbonyl (C=O) groups is 1. The predicted molar refractivity (Wildman–Crippen MR) is 105 cm³/mol. The first-order valence-electron chi connectivity index (χ1n) is 8.84. The van der Waals surface area contributed by atoms with Crippen molar-refractivity contribution in [1.82, 2.24) is 14.7 Å². The number of benzene rings is 2. The van der Waals surface area contributed by atoms with E-state index >= 15 is 0 Å². The molecule has 1 N–H and O–H groups in total. The molecule has 2 aromatic carbocycles. The topological polar surface area (TPSA) is 80.5 Å². The highest BCUT2D eigenvalue weighted by atomic mass is 32.2. The number of pyridine rings is 1. The maximum atomic E-state index is 13.4. The normalized spacial score (nSPS) is 11.5. The van der Waals surface area contributed by atoms with Gasteiger partial charge in [0.1, 0.15) is 17.3 Å². The number of nitrogens with zero attached hydrogens (tertiary/aromatic N) is 2. The molecule has 0 aliphatic carbocycles. The molecule has 0 fully saturated rings. The quantitative estimate of drug-likeness (QED) is 0.530. The van der Waals surface area contributed by atoms with Gasteiger partial charge in [-0.15, -0.1) is 0 Å². The lowest BCUT2D eigenvalue weighted by Gasteiger charge is -2.08. The van der Waals surface area contributed by atoms with Crippen LogP contribution in [0.15, 0.2) is 83.0 Å². The number of imidazole rings is 1. The van der Waals surface area contributed by atoms with Crippen LogP contribution in [0.4, 0.5) is 8.78 Å². The molecule has 0 saturated carbocycles. The van der Waals surface area contributed by atoms with Crippen molar-refractivity contribution in [2.24, 2.45) is 0 Å². The second-order valence-corrected chi connectivity index (χ2v) is 8.49. The zero-order valence-corrected chi connectivity index (χ0v) is 16.2. The first kappa shape index (κ1) is 19.7. The van der Waals surface area contributed by atoms with Gasteiger partial charge in [0.2, 0.25) is 9.84 Å². The molecule has 0 saturated heterocycles. The van der Waals surface area contributed by atoms with Crippen molar-refractivity contribution in [3.05, 3.63) is 95.9 Å². The number of carbonyl (C=O) groups excluding carboxylic acids is 1. The van der Waals surface area contributed by atoms with E-state index in [1.807, 2.05) is 0 Å². The van der Waals surface area contributed by atoms with Crippen molar-refractivity contribution in [3.63, 3.8) is 0 Å². The van der Waals surface area contributed by atoms with Crippen LogP contribution in [-0.4, -0.2) is 23.7 Å². The number of rotatable bonds is 5. The zero-order valence-electron chi connectivity index (χ0n) is 15.4.